The maximum atomic E-state index is 12.4. The Kier molecular flexibility index (Phi) is 6.06. The van der Waals surface area contributed by atoms with Crippen LogP contribution in [0.5, 0.6) is 0 Å². The van der Waals surface area contributed by atoms with E-state index in [-0.39, 0.29) is 36.1 Å². The monoisotopic (exact) mass is 405 g/mol. The Labute approximate surface area is 143 Å². The van der Waals surface area contributed by atoms with Crippen LogP contribution >= 0.6 is 7.92 Å². The zero-order valence-electron chi connectivity index (χ0n) is 13.0. The first-order valence-corrected chi connectivity index (χ1v) is 8.90. The van der Waals surface area contributed by atoms with Gasteiger partial charge in [-0.1, -0.05) is 7.92 Å². The molecule has 0 bridgehead atoms. The van der Waals surface area contributed by atoms with Gasteiger partial charge in [-0.3, -0.25) is 0 Å². The summed E-state index contributed by atoms with van der Waals surface area (Å²) in [5.41, 5.74) is 11.3. The first kappa shape index (κ1) is 20.4. The molecule has 0 fully saturated rings. The number of nitrogens with two attached hydrogens (primary N) is 2. The number of aromatic nitrogens is 5. The topological polar surface area (TPSA) is 118 Å². The summed E-state index contributed by atoms with van der Waals surface area (Å²) in [6.07, 6.45) is -13.0. The van der Waals surface area contributed by atoms with Crippen LogP contribution in [0.15, 0.2) is 0 Å². The van der Waals surface area contributed by atoms with Crippen LogP contribution in [-0.2, 0) is 11.3 Å². The third-order valence-electron chi connectivity index (χ3n) is 2.85. The summed E-state index contributed by atoms with van der Waals surface area (Å²) in [5, 5.41) is 7.88. The lowest BCUT2D eigenvalue weighted by molar-refractivity contribution is -0.112. The summed E-state index contributed by atoms with van der Waals surface area (Å²) in [5.74, 6) is -0.109. The van der Waals surface area contributed by atoms with Crippen molar-refractivity contribution in [1.29, 1.82) is 0 Å². The molecule has 0 aromatic carbocycles. The van der Waals surface area contributed by atoms with Gasteiger partial charge in [0.15, 0.2) is 11.3 Å². The van der Waals surface area contributed by atoms with Crippen molar-refractivity contribution in [2.45, 2.75) is 18.9 Å². The van der Waals surface area contributed by atoms with Gasteiger partial charge in [-0.15, -0.1) is 10.2 Å². The lowest BCUT2D eigenvalue weighted by atomic mass is 10.5. The van der Waals surface area contributed by atoms with Gasteiger partial charge in [-0.2, -0.15) is 41.1 Å². The lowest BCUT2D eigenvalue weighted by Gasteiger charge is -2.20. The minimum Gasteiger partial charge on any atom is -0.382 e. The average molecular weight is 405 g/mol. The van der Waals surface area contributed by atoms with E-state index in [1.54, 1.807) is 0 Å². The van der Waals surface area contributed by atoms with Gasteiger partial charge in [0.1, 0.15) is 0 Å². The zero-order valence-corrected chi connectivity index (χ0v) is 13.9. The van der Waals surface area contributed by atoms with Gasteiger partial charge in [0.25, 0.3) is 0 Å². The van der Waals surface area contributed by atoms with Crippen molar-refractivity contribution in [2.75, 3.05) is 36.7 Å². The van der Waals surface area contributed by atoms with Crippen molar-refractivity contribution in [3.63, 3.8) is 0 Å². The highest BCUT2D eigenvalue weighted by Crippen LogP contribution is 2.45. The number of nitrogen functional groups attached to an aromatic ring is 2. The molecule has 0 aliphatic carbocycles. The Balaban J connectivity index is 1.90. The van der Waals surface area contributed by atoms with E-state index < -0.39 is 38.9 Å². The number of hydrogen-bond donors (Lipinski definition) is 2. The first-order valence-electron chi connectivity index (χ1n) is 7.00. The molecule has 2 aromatic rings. The molecule has 0 saturated carbocycles. The number of rotatable bonds is 7. The molecular weight excluding hydrogens is 391 g/mol. The second-order valence-corrected chi connectivity index (χ2v) is 7.42. The third-order valence-corrected chi connectivity index (χ3v) is 5.01. The van der Waals surface area contributed by atoms with E-state index in [0.29, 0.717) is 0 Å². The van der Waals surface area contributed by atoms with E-state index in [9.17, 15) is 26.3 Å². The molecule has 0 unspecified atom stereocenters. The lowest BCUT2D eigenvalue weighted by Crippen LogP contribution is -2.22. The number of fused-ring (bicyclic) bond motifs is 1. The molecule has 15 heteroatoms. The fourth-order valence-electron chi connectivity index (χ4n) is 1.98. The Morgan fingerprint density at radius 1 is 0.962 bits per heavy atom. The van der Waals surface area contributed by atoms with Crippen LogP contribution < -0.4 is 11.5 Å². The maximum absolute atomic E-state index is 12.4. The standard InChI is InChI=1S/C11H14F6N7OP/c12-10(13,14)3-26(4-11(15,16)17)5-25-2-1-24-22-6-7(18)20-9(19)21-8(6)23-24/h1-5H2,(H4,18,19,20,21,23). The predicted molar refractivity (Wildman–Crippen MR) is 81.5 cm³/mol. The van der Waals surface area contributed by atoms with Crippen LogP contribution in [-0.4, -0.2) is 62.6 Å². The number of halogens is 6. The third kappa shape index (κ3) is 6.41. The summed E-state index contributed by atoms with van der Waals surface area (Å²) in [6, 6.07) is 0. The summed E-state index contributed by atoms with van der Waals surface area (Å²) in [7, 11) is -2.43. The van der Waals surface area contributed by atoms with Gasteiger partial charge in [0.2, 0.25) is 11.6 Å². The minimum atomic E-state index is -4.68. The molecule has 26 heavy (non-hydrogen) atoms. The number of ether oxygens (including phenoxy) is 1. The Bertz CT molecular complexity index is 733. The van der Waals surface area contributed by atoms with Crippen molar-refractivity contribution in [2.24, 2.45) is 0 Å². The van der Waals surface area contributed by atoms with E-state index in [0.717, 1.165) is 4.80 Å². The van der Waals surface area contributed by atoms with Gasteiger partial charge in [-0.05, 0) is 0 Å². The van der Waals surface area contributed by atoms with Crippen molar-refractivity contribution in [3.8, 4) is 0 Å². The van der Waals surface area contributed by atoms with Crippen molar-refractivity contribution in [1.82, 2.24) is 25.0 Å². The van der Waals surface area contributed by atoms with Crippen LogP contribution in [0.25, 0.3) is 11.2 Å². The average Bonchev–Trinajstić information content (AvgIpc) is 2.83. The Morgan fingerprint density at radius 3 is 2.15 bits per heavy atom. The van der Waals surface area contributed by atoms with E-state index >= 15 is 0 Å². The highest BCUT2D eigenvalue weighted by atomic mass is 31.1. The van der Waals surface area contributed by atoms with E-state index in [1.807, 2.05) is 0 Å². The maximum Gasteiger partial charge on any atom is 0.392 e. The van der Waals surface area contributed by atoms with E-state index in [4.69, 9.17) is 16.2 Å². The molecule has 2 rings (SSSR count). The highest BCUT2D eigenvalue weighted by molar-refractivity contribution is 7.57. The van der Waals surface area contributed by atoms with E-state index in [2.05, 4.69) is 20.2 Å². The Hall–Kier alpha value is -1.95. The first-order chi connectivity index (χ1) is 11.9. The molecule has 0 spiro atoms. The largest absolute Gasteiger partial charge is 0.392 e. The molecule has 0 aliphatic heterocycles. The second kappa shape index (κ2) is 7.74. The molecule has 2 aromatic heterocycles. The number of nitrogens with zero attached hydrogens (tertiary/aromatic N) is 5. The van der Waals surface area contributed by atoms with Gasteiger partial charge in [-0.25, -0.2) is 0 Å². The quantitative estimate of drug-likeness (QED) is 0.411. The van der Waals surface area contributed by atoms with Crippen LogP contribution in [0.2, 0.25) is 0 Å². The Morgan fingerprint density at radius 2 is 1.58 bits per heavy atom. The number of alkyl halides is 6. The van der Waals surface area contributed by atoms with Crippen LogP contribution in [0.1, 0.15) is 0 Å². The molecule has 0 saturated heterocycles. The van der Waals surface area contributed by atoms with Crippen LogP contribution in [0.3, 0.4) is 0 Å². The normalized spacial score (nSPS) is 13.0. The molecule has 0 aliphatic rings. The van der Waals surface area contributed by atoms with Crippen molar-refractivity contribution < 1.29 is 31.1 Å². The predicted octanol–water partition coefficient (Wildman–Crippen LogP) is 1.97. The summed E-state index contributed by atoms with van der Waals surface area (Å²) >= 11 is 0. The second-order valence-electron chi connectivity index (χ2n) is 5.19. The fourth-order valence-corrected chi connectivity index (χ4v) is 3.68. The molecule has 0 atom stereocenters. The van der Waals surface area contributed by atoms with E-state index in [1.165, 1.54) is 0 Å². The minimum absolute atomic E-state index is 0.00135. The van der Waals surface area contributed by atoms with Crippen molar-refractivity contribution >= 4 is 30.9 Å². The van der Waals surface area contributed by atoms with Crippen molar-refractivity contribution in [3.05, 3.63) is 0 Å². The molecule has 8 nitrogen and oxygen atoms in total. The van der Waals surface area contributed by atoms with Crippen LogP contribution in [0.4, 0.5) is 38.1 Å². The molecule has 0 amide bonds. The molecular formula is C11H14F6N7OP. The van der Waals surface area contributed by atoms with Gasteiger partial charge < -0.3 is 16.2 Å². The molecule has 0 radical (unpaired) electrons. The molecule has 4 N–H and O–H groups in total. The summed E-state index contributed by atoms with van der Waals surface area (Å²) < 4.78 is 79.2. The summed E-state index contributed by atoms with van der Waals surface area (Å²) in [6.45, 7) is -0.199. The highest BCUT2D eigenvalue weighted by Gasteiger charge is 2.38. The van der Waals surface area contributed by atoms with Gasteiger partial charge in [0, 0.05) is 0 Å². The summed E-state index contributed by atoms with van der Waals surface area (Å²) in [4.78, 5) is 8.59. The van der Waals surface area contributed by atoms with Gasteiger partial charge in [0.05, 0.1) is 31.8 Å². The van der Waals surface area contributed by atoms with Gasteiger partial charge >= 0.3 is 12.4 Å². The number of hydrogen-bond acceptors (Lipinski definition) is 7. The van der Waals surface area contributed by atoms with Crippen LogP contribution in [0, 0.1) is 0 Å². The SMILES string of the molecule is Nc1nc(N)c2nn(CCOCP(CC(F)(F)F)CC(F)(F)F)nc2n1. The fraction of sp³-hybridized carbons (Fsp3) is 0.636. The molecule has 146 valence electrons. The molecule has 2 heterocycles. The number of anilines is 2. The smallest absolute Gasteiger partial charge is 0.382 e. The zero-order chi connectivity index (χ0) is 19.5.